The predicted octanol–water partition coefficient (Wildman–Crippen LogP) is 1.48. The summed E-state index contributed by atoms with van der Waals surface area (Å²) in [7, 11) is 1.50. The van der Waals surface area contributed by atoms with E-state index in [1.165, 1.54) is 19.9 Å². The Morgan fingerprint density at radius 3 is 1.92 bits per heavy atom. The maximum atomic E-state index is 9.91. The van der Waals surface area contributed by atoms with Crippen molar-refractivity contribution in [2.75, 3.05) is 13.7 Å². The third-order valence-corrected chi connectivity index (χ3v) is 1.73. The number of carbonyl (C=O) groups excluding carboxylic acids is 1. The van der Waals surface area contributed by atoms with Crippen LogP contribution in [0.5, 0.6) is 0 Å². The summed E-state index contributed by atoms with van der Waals surface area (Å²) in [5, 5.41) is 8.46. The Labute approximate surface area is 81.3 Å². The number of hydrogen-bond acceptors (Lipinski definition) is 3. The number of aldehydes is 1. The van der Waals surface area contributed by atoms with Gasteiger partial charge >= 0.3 is 0 Å². The fourth-order valence-corrected chi connectivity index (χ4v) is 1.05. The molecule has 0 bridgehead atoms. The van der Waals surface area contributed by atoms with Gasteiger partial charge in [-0.25, -0.2) is 0 Å². The second-order valence-corrected chi connectivity index (χ2v) is 2.80. The molecule has 0 aromatic carbocycles. The number of hydrogen-bond donors (Lipinski definition) is 2. The van der Waals surface area contributed by atoms with E-state index < -0.39 is 0 Å². The number of aliphatic hydroxyl groups excluding tert-OH is 1. The van der Waals surface area contributed by atoms with Crippen LogP contribution in [-0.2, 0) is 4.79 Å². The Balaban J connectivity index is 0. The molecular formula is C10H23NO2. The lowest BCUT2D eigenvalue weighted by Crippen LogP contribution is -1.84. The molecule has 0 unspecified atom stereocenters. The molecule has 0 aliphatic carbocycles. The first-order valence-electron chi connectivity index (χ1n) is 5.04. The minimum absolute atomic E-state index is 0.314. The van der Waals surface area contributed by atoms with E-state index in [0.29, 0.717) is 13.0 Å². The number of rotatable bonds is 8. The van der Waals surface area contributed by atoms with Gasteiger partial charge in [-0.05, 0) is 19.9 Å². The smallest absolute Gasteiger partial charge is 0.119 e. The fraction of sp³-hybridized carbons (Fsp3) is 0.900. The fourth-order valence-electron chi connectivity index (χ4n) is 1.05. The molecule has 0 saturated carbocycles. The highest BCUT2D eigenvalue weighted by atomic mass is 16.2. The molecule has 3 heteroatoms. The van der Waals surface area contributed by atoms with Crippen molar-refractivity contribution >= 4 is 6.29 Å². The molecule has 0 radical (unpaired) electrons. The second kappa shape index (κ2) is 17.6. The Morgan fingerprint density at radius 1 is 1.00 bits per heavy atom. The van der Waals surface area contributed by atoms with Crippen LogP contribution in [-0.4, -0.2) is 25.0 Å². The lowest BCUT2D eigenvalue weighted by atomic mass is 10.1. The van der Waals surface area contributed by atoms with Crippen molar-refractivity contribution in [3.63, 3.8) is 0 Å². The molecule has 13 heavy (non-hydrogen) atoms. The van der Waals surface area contributed by atoms with E-state index in [4.69, 9.17) is 5.11 Å². The van der Waals surface area contributed by atoms with Gasteiger partial charge < -0.3 is 15.6 Å². The van der Waals surface area contributed by atoms with Crippen LogP contribution in [0.2, 0.25) is 0 Å². The average molecular weight is 189 g/mol. The molecule has 0 fully saturated rings. The number of unbranched alkanes of at least 4 members (excludes halogenated alkanes) is 6. The minimum Gasteiger partial charge on any atom is -0.396 e. The summed E-state index contributed by atoms with van der Waals surface area (Å²) >= 11 is 0. The molecule has 3 N–H and O–H groups in total. The lowest BCUT2D eigenvalue weighted by Gasteiger charge is -1.97. The van der Waals surface area contributed by atoms with Crippen molar-refractivity contribution in [3.8, 4) is 0 Å². The van der Waals surface area contributed by atoms with E-state index in [2.05, 4.69) is 5.73 Å². The predicted molar refractivity (Wildman–Crippen MR) is 55.6 cm³/mol. The van der Waals surface area contributed by atoms with Crippen LogP contribution in [0.3, 0.4) is 0 Å². The van der Waals surface area contributed by atoms with Crippen LogP contribution in [0.25, 0.3) is 0 Å². The van der Waals surface area contributed by atoms with Crippen molar-refractivity contribution < 1.29 is 9.90 Å². The molecule has 0 aromatic heterocycles. The van der Waals surface area contributed by atoms with Gasteiger partial charge in [0.25, 0.3) is 0 Å². The SMILES string of the molecule is CN.O=CCCCCCCCCO. The van der Waals surface area contributed by atoms with E-state index in [0.717, 1.165) is 32.0 Å². The molecule has 0 amide bonds. The van der Waals surface area contributed by atoms with Gasteiger partial charge in [-0.2, -0.15) is 0 Å². The lowest BCUT2D eigenvalue weighted by molar-refractivity contribution is -0.107. The molecule has 3 nitrogen and oxygen atoms in total. The van der Waals surface area contributed by atoms with Gasteiger partial charge in [0.05, 0.1) is 0 Å². The largest absolute Gasteiger partial charge is 0.396 e. The molecule has 0 aromatic rings. The summed E-state index contributed by atoms with van der Waals surface area (Å²) in [6.07, 6.45) is 8.32. The van der Waals surface area contributed by atoms with Gasteiger partial charge in [0.15, 0.2) is 0 Å². The topological polar surface area (TPSA) is 63.3 Å². The summed E-state index contributed by atoms with van der Waals surface area (Å²) < 4.78 is 0. The Bertz CT molecular complexity index is 87.0. The zero-order valence-electron chi connectivity index (χ0n) is 8.67. The van der Waals surface area contributed by atoms with Crippen molar-refractivity contribution in [1.29, 1.82) is 0 Å². The first-order chi connectivity index (χ1) is 6.41. The number of aliphatic hydroxyl groups is 1. The van der Waals surface area contributed by atoms with Crippen LogP contribution in [0.1, 0.15) is 44.9 Å². The van der Waals surface area contributed by atoms with E-state index in [1.54, 1.807) is 0 Å². The van der Waals surface area contributed by atoms with Crippen molar-refractivity contribution in [2.24, 2.45) is 5.73 Å². The quantitative estimate of drug-likeness (QED) is 0.449. The van der Waals surface area contributed by atoms with Crippen LogP contribution in [0.15, 0.2) is 0 Å². The van der Waals surface area contributed by atoms with Crippen LogP contribution >= 0.6 is 0 Å². The molecule has 0 aliphatic rings. The normalized spacial score (nSPS) is 8.85. The zero-order chi connectivity index (χ0) is 10.4. The third kappa shape index (κ3) is 18.5. The molecule has 0 saturated heterocycles. The Kier molecular flexibility index (Phi) is 20.4. The minimum atomic E-state index is 0.314. The third-order valence-electron chi connectivity index (χ3n) is 1.73. The average Bonchev–Trinajstić information content (AvgIpc) is 2.20. The van der Waals surface area contributed by atoms with Crippen LogP contribution in [0, 0.1) is 0 Å². The van der Waals surface area contributed by atoms with Gasteiger partial charge in [-0.1, -0.05) is 25.7 Å². The first-order valence-corrected chi connectivity index (χ1v) is 5.04. The monoisotopic (exact) mass is 189 g/mol. The molecule has 0 aliphatic heterocycles. The summed E-state index contributed by atoms with van der Waals surface area (Å²) in [5.74, 6) is 0. The second-order valence-electron chi connectivity index (χ2n) is 2.80. The van der Waals surface area contributed by atoms with Gasteiger partial charge in [-0.3, -0.25) is 0 Å². The highest BCUT2D eigenvalue weighted by Crippen LogP contribution is 2.05. The standard InChI is InChI=1S/C9H18O2.CH5N/c10-8-6-4-2-1-3-5-7-9-11;1-2/h8,11H,1-7,9H2;2H2,1H3. The molecular weight excluding hydrogens is 166 g/mol. The van der Waals surface area contributed by atoms with Crippen molar-refractivity contribution in [1.82, 2.24) is 0 Å². The molecule has 0 heterocycles. The van der Waals surface area contributed by atoms with Crippen LogP contribution in [0.4, 0.5) is 0 Å². The van der Waals surface area contributed by atoms with E-state index in [9.17, 15) is 4.79 Å². The highest BCUT2D eigenvalue weighted by Gasteiger charge is 1.89. The van der Waals surface area contributed by atoms with E-state index >= 15 is 0 Å². The molecule has 80 valence electrons. The number of nitrogens with two attached hydrogens (primary N) is 1. The molecule has 0 atom stereocenters. The van der Waals surface area contributed by atoms with Gasteiger partial charge in [0.2, 0.25) is 0 Å². The van der Waals surface area contributed by atoms with E-state index in [-0.39, 0.29) is 0 Å². The summed E-state index contributed by atoms with van der Waals surface area (Å²) in [5.41, 5.74) is 4.50. The van der Waals surface area contributed by atoms with Gasteiger partial charge in [0.1, 0.15) is 6.29 Å². The van der Waals surface area contributed by atoms with Gasteiger partial charge in [0, 0.05) is 13.0 Å². The van der Waals surface area contributed by atoms with Gasteiger partial charge in [-0.15, -0.1) is 0 Å². The maximum absolute atomic E-state index is 9.91. The van der Waals surface area contributed by atoms with Crippen molar-refractivity contribution in [3.05, 3.63) is 0 Å². The van der Waals surface area contributed by atoms with E-state index in [1.807, 2.05) is 0 Å². The number of carbonyl (C=O) groups is 1. The Hall–Kier alpha value is -0.410. The maximum Gasteiger partial charge on any atom is 0.119 e. The first kappa shape index (κ1) is 15.1. The molecule has 0 spiro atoms. The van der Waals surface area contributed by atoms with Crippen molar-refractivity contribution in [2.45, 2.75) is 44.9 Å². The summed E-state index contributed by atoms with van der Waals surface area (Å²) in [6, 6.07) is 0. The highest BCUT2D eigenvalue weighted by molar-refractivity contribution is 5.48. The summed E-state index contributed by atoms with van der Waals surface area (Å²) in [6.45, 7) is 0.314. The van der Waals surface area contributed by atoms with Crippen LogP contribution < -0.4 is 5.73 Å². The zero-order valence-corrected chi connectivity index (χ0v) is 8.67. The Morgan fingerprint density at radius 2 is 1.46 bits per heavy atom. The molecule has 0 rings (SSSR count). The summed E-state index contributed by atoms with van der Waals surface area (Å²) in [4.78, 5) is 9.91.